The zero-order valence-electron chi connectivity index (χ0n) is 11.4. The number of rotatable bonds is 5. The fourth-order valence-corrected chi connectivity index (χ4v) is 1.88. The van der Waals surface area contributed by atoms with Crippen LogP contribution in [0.1, 0.15) is 15.9 Å². The molecule has 5 nitrogen and oxygen atoms in total. The Bertz CT molecular complexity index is 692. The predicted molar refractivity (Wildman–Crippen MR) is 78.7 cm³/mol. The van der Waals surface area contributed by atoms with Gasteiger partial charge in [0.1, 0.15) is 5.75 Å². The van der Waals surface area contributed by atoms with Crippen LogP contribution in [0.5, 0.6) is 5.75 Å². The van der Waals surface area contributed by atoms with E-state index >= 15 is 0 Å². The molecule has 0 N–H and O–H groups in total. The molecule has 0 saturated heterocycles. The van der Waals surface area contributed by atoms with Crippen LogP contribution in [0.25, 0.3) is 6.08 Å². The molecule has 0 spiro atoms. The van der Waals surface area contributed by atoms with Crippen molar-refractivity contribution in [3.63, 3.8) is 0 Å². The minimum Gasteiger partial charge on any atom is -0.496 e. The van der Waals surface area contributed by atoms with E-state index in [1.165, 1.54) is 19.3 Å². The summed E-state index contributed by atoms with van der Waals surface area (Å²) in [6, 6.07) is 15.1. The van der Waals surface area contributed by atoms with E-state index in [1.807, 2.05) is 0 Å². The van der Waals surface area contributed by atoms with E-state index in [4.69, 9.17) is 4.74 Å². The Morgan fingerprint density at radius 1 is 1.10 bits per heavy atom. The van der Waals surface area contributed by atoms with Crippen molar-refractivity contribution >= 4 is 11.9 Å². The van der Waals surface area contributed by atoms with Gasteiger partial charge in [0.15, 0.2) is 0 Å². The lowest BCUT2D eigenvalue weighted by molar-refractivity contribution is -0.415. The maximum absolute atomic E-state index is 12.4. The van der Waals surface area contributed by atoms with E-state index in [0.717, 1.165) is 0 Å². The van der Waals surface area contributed by atoms with Crippen molar-refractivity contribution in [1.82, 2.24) is 0 Å². The van der Waals surface area contributed by atoms with Crippen LogP contribution >= 0.6 is 0 Å². The fourth-order valence-electron chi connectivity index (χ4n) is 1.88. The molecule has 0 aliphatic carbocycles. The highest BCUT2D eigenvalue weighted by atomic mass is 16.6. The van der Waals surface area contributed by atoms with Gasteiger partial charge in [-0.2, -0.15) is 0 Å². The number of methoxy groups -OCH3 is 1. The summed E-state index contributed by atoms with van der Waals surface area (Å²) >= 11 is 0. The number of hydrogen-bond acceptors (Lipinski definition) is 4. The second kappa shape index (κ2) is 6.47. The van der Waals surface area contributed by atoms with E-state index in [2.05, 4.69) is 0 Å². The maximum Gasteiger partial charge on any atom is 0.317 e. The highest BCUT2D eigenvalue weighted by Crippen LogP contribution is 2.22. The average molecular weight is 283 g/mol. The van der Waals surface area contributed by atoms with Crippen LogP contribution in [0.2, 0.25) is 0 Å². The van der Waals surface area contributed by atoms with Crippen LogP contribution in [0.4, 0.5) is 0 Å². The summed E-state index contributed by atoms with van der Waals surface area (Å²) in [5.41, 5.74) is 0.261. The van der Waals surface area contributed by atoms with Gasteiger partial charge in [0, 0.05) is 6.08 Å². The Kier molecular flexibility index (Phi) is 4.46. The third kappa shape index (κ3) is 3.33. The summed E-state index contributed by atoms with van der Waals surface area (Å²) in [6.07, 6.45) is 1.26. The van der Waals surface area contributed by atoms with Gasteiger partial charge < -0.3 is 4.74 Å². The topological polar surface area (TPSA) is 69.4 Å². The predicted octanol–water partition coefficient (Wildman–Crippen LogP) is 3.20. The second-order valence-corrected chi connectivity index (χ2v) is 4.23. The molecule has 0 heterocycles. The maximum atomic E-state index is 12.4. The lowest BCUT2D eigenvalue weighted by atomic mass is 10.1. The van der Waals surface area contributed by atoms with Gasteiger partial charge >= 0.3 is 5.70 Å². The summed E-state index contributed by atoms with van der Waals surface area (Å²) in [4.78, 5) is 22.9. The number of nitro groups is 1. The lowest BCUT2D eigenvalue weighted by Crippen LogP contribution is -2.12. The van der Waals surface area contributed by atoms with Crippen molar-refractivity contribution in [2.75, 3.05) is 7.11 Å². The largest absolute Gasteiger partial charge is 0.496 e. The molecular formula is C16H13NO4. The summed E-state index contributed by atoms with van der Waals surface area (Å²) in [7, 11) is 1.42. The van der Waals surface area contributed by atoms with Crippen LogP contribution in [0.3, 0.4) is 0 Å². The van der Waals surface area contributed by atoms with Gasteiger partial charge in [-0.05, 0) is 17.7 Å². The molecular weight excluding hydrogens is 270 g/mol. The number of benzene rings is 2. The van der Waals surface area contributed by atoms with Gasteiger partial charge in [-0.15, -0.1) is 0 Å². The molecule has 0 bridgehead atoms. The van der Waals surface area contributed by atoms with Crippen LogP contribution in [-0.2, 0) is 0 Å². The highest BCUT2D eigenvalue weighted by molar-refractivity contribution is 6.11. The number of nitrogens with zero attached hydrogens (tertiary/aromatic N) is 1. The second-order valence-electron chi connectivity index (χ2n) is 4.23. The van der Waals surface area contributed by atoms with Gasteiger partial charge in [0.2, 0.25) is 0 Å². The monoisotopic (exact) mass is 283 g/mol. The van der Waals surface area contributed by atoms with Crippen molar-refractivity contribution in [2.24, 2.45) is 0 Å². The molecule has 2 aromatic carbocycles. The quantitative estimate of drug-likeness (QED) is 0.366. The third-order valence-corrected chi connectivity index (χ3v) is 2.88. The van der Waals surface area contributed by atoms with Gasteiger partial charge in [-0.3, -0.25) is 14.9 Å². The first-order valence-corrected chi connectivity index (χ1v) is 6.22. The first-order valence-electron chi connectivity index (χ1n) is 6.22. The summed E-state index contributed by atoms with van der Waals surface area (Å²) < 4.78 is 5.08. The minimum absolute atomic E-state index is 0.166. The summed E-state index contributed by atoms with van der Waals surface area (Å²) in [5.74, 6) is -0.371. The summed E-state index contributed by atoms with van der Waals surface area (Å²) in [6.45, 7) is 0. The van der Waals surface area contributed by atoms with E-state index in [9.17, 15) is 14.9 Å². The minimum atomic E-state index is -0.679. The molecule has 0 amide bonds. The standard InChI is InChI=1S/C16H13NO4/c1-21-15-10-6-5-9-13(15)16(18)14(17(19)20)11-12-7-3-2-4-8-12/h2-11H,1H3/b14-11+. The van der Waals surface area contributed by atoms with Crippen molar-refractivity contribution in [1.29, 1.82) is 0 Å². The SMILES string of the molecule is COc1ccccc1C(=O)/C(=C\c1ccccc1)[N+](=O)[O-]. The first-order chi connectivity index (χ1) is 10.1. The number of ketones is 1. The number of Topliss-reactive ketones (excluding diaryl/α,β-unsaturated/α-hetero) is 1. The molecule has 0 atom stereocenters. The van der Waals surface area contributed by atoms with Gasteiger partial charge in [-0.25, -0.2) is 0 Å². The number of carbonyl (C=O) groups excluding carboxylic acids is 1. The van der Waals surface area contributed by atoms with Crippen molar-refractivity contribution < 1.29 is 14.5 Å². The van der Waals surface area contributed by atoms with Gasteiger partial charge in [-0.1, -0.05) is 42.5 Å². The van der Waals surface area contributed by atoms with Gasteiger partial charge in [0.25, 0.3) is 5.78 Å². The molecule has 106 valence electrons. The zero-order valence-corrected chi connectivity index (χ0v) is 11.4. The number of para-hydroxylation sites is 1. The molecule has 0 aliphatic rings. The third-order valence-electron chi connectivity index (χ3n) is 2.88. The van der Waals surface area contributed by atoms with E-state index in [-0.39, 0.29) is 5.56 Å². The molecule has 2 aromatic rings. The van der Waals surface area contributed by atoms with Gasteiger partial charge in [0.05, 0.1) is 17.6 Å². The highest BCUT2D eigenvalue weighted by Gasteiger charge is 2.26. The lowest BCUT2D eigenvalue weighted by Gasteiger charge is -2.05. The Morgan fingerprint density at radius 2 is 1.71 bits per heavy atom. The molecule has 0 unspecified atom stereocenters. The Morgan fingerprint density at radius 3 is 2.33 bits per heavy atom. The molecule has 0 fully saturated rings. The van der Waals surface area contributed by atoms with Crippen molar-refractivity contribution in [2.45, 2.75) is 0 Å². The Hall–Kier alpha value is -2.95. The normalized spacial score (nSPS) is 11.0. The van der Waals surface area contributed by atoms with E-state index in [0.29, 0.717) is 11.3 Å². The molecule has 0 saturated carbocycles. The zero-order chi connectivity index (χ0) is 15.2. The van der Waals surface area contributed by atoms with Crippen molar-refractivity contribution in [3.05, 3.63) is 81.5 Å². The Balaban J connectivity index is 2.46. The van der Waals surface area contributed by atoms with Crippen molar-refractivity contribution in [3.8, 4) is 5.75 Å². The first kappa shape index (κ1) is 14.5. The number of allylic oxidation sites excluding steroid dienone is 1. The summed E-state index contributed by atoms with van der Waals surface area (Å²) in [5, 5.41) is 11.2. The van der Waals surface area contributed by atoms with Crippen LogP contribution in [0, 0.1) is 10.1 Å². The van der Waals surface area contributed by atoms with Crippen LogP contribution in [0.15, 0.2) is 60.3 Å². The number of ether oxygens (including phenoxy) is 1. The number of hydrogen-bond donors (Lipinski definition) is 0. The fraction of sp³-hybridized carbons (Fsp3) is 0.0625. The van der Waals surface area contributed by atoms with E-state index in [1.54, 1.807) is 48.5 Å². The molecule has 0 aliphatic heterocycles. The molecule has 21 heavy (non-hydrogen) atoms. The molecule has 2 rings (SSSR count). The molecule has 5 heteroatoms. The van der Waals surface area contributed by atoms with E-state index < -0.39 is 16.4 Å². The molecule has 0 radical (unpaired) electrons. The molecule has 0 aromatic heterocycles. The van der Waals surface area contributed by atoms with Crippen LogP contribution < -0.4 is 4.74 Å². The average Bonchev–Trinajstić information content (AvgIpc) is 2.52. The number of carbonyl (C=O) groups is 1. The Labute approximate surface area is 121 Å². The van der Waals surface area contributed by atoms with Crippen LogP contribution in [-0.4, -0.2) is 17.8 Å². The smallest absolute Gasteiger partial charge is 0.317 e.